The van der Waals surface area contributed by atoms with Crippen LogP contribution in [0.15, 0.2) is 22.7 Å². The number of methoxy groups -OCH3 is 1. The monoisotopic (exact) mass is 412 g/mol. The van der Waals surface area contributed by atoms with Gasteiger partial charge >= 0.3 is 0 Å². The Labute approximate surface area is 123 Å². The van der Waals surface area contributed by atoms with Crippen LogP contribution in [0.2, 0.25) is 0 Å². The Kier molecular flexibility index (Phi) is 6.39. The molecule has 0 aromatic heterocycles. The first-order chi connectivity index (χ1) is 8.06. The van der Waals surface area contributed by atoms with Crippen LogP contribution in [0.5, 0.6) is 0 Å². The van der Waals surface area contributed by atoms with Gasteiger partial charge in [-0.2, -0.15) is 0 Å². The molecular weight excluding hydrogens is 399 g/mol. The van der Waals surface area contributed by atoms with Crippen molar-refractivity contribution < 1.29 is 9.53 Å². The van der Waals surface area contributed by atoms with Crippen LogP contribution in [-0.2, 0) is 9.53 Å². The molecule has 0 aliphatic carbocycles. The Morgan fingerprint density at radius 3 is 2.88 bits per heavy atom. The molecule has 94 valence electrons. The topological polar surface area (TPSA) is 64.3 Å². The van der Waals surface area contributed by atoms with E-state index < -0.39 is 0 Å². The summed E-state index contributed by atoms with van der Waals surface area (Å²) in [4.78, 5) is 11.7. The number of halogens is 2. The fourth-order valence-corrected chi connectivity index (χ4v) is 1.97. The highest BCUT2D eigenvalue weighted by molar-refractivity contribution is 14.1. The van der Waals surface area contributed by atoms with Gasteiger partial charge in [0.15, 0.2) is 0 Å². The first kappa shape index (κ1) is 14.9. The Hall–Kier alpha value is -0.180. The van der Waals surface area contributed by atoms with E-state index in [2.05, 4.69) is 43.8 Å². The highest BCUT2D eigenvalue weighted by Crippen LogP contribution is 2.22. The number of ether oxygens (including phenoxy) is 1. The third kappa shape index (κ3) is 4.90. The number of hydrogen-bond donors (Lipinski definition) is 2. The van der Waals surface area contributed by atoms with Crippen LogP contribution in [0.4, 0.5) is 5.69 Å². The molecule has 1 aromatic rings. The van der Waals surface area contributed by atoms with E-state index in [1.807, 2.05) is 18.2 Å². The van der Waals surface area contributed by atoms with Crippen molar-refractivity contribution in [2.45, 2.75) is 12.5 Å². The van der Waals surface area contributed by atoms with Gasteiger partial charge in [-0.1, -0.05) is 0 Å². The SMILES string of the molecule is COC(CN)CC(=O)Nc1ccc(I)c(Br)c1. The predicted octanol–water partition coefficient (Wildman–Crippen LogP) is 2.36. The highest BCUT2D eigenvalue weighted by atomic mass is 127. The number of rotatable bonds is 5. The molecule has 0 saturated carbocycles. The van der Waals surface area contributed by atoms with Gasteiger partial charge in [-0.05, 0) is 56.7 Å². The summed E-state index contributed by atoms with van der Waals surface area (Å²) in [5.74, 6) is -0.101. The summed E-state index contributed by atoms with van der Waals surface area (Å²) in [6, 6.07) is 5.65. The lowest BCUT2D eigenvalue weighted by Gasteiger charge is -2.12. The van der Waals surface area contributed by atoms with Gasteiger partial charge in [-0.25, -0.2) is 0 Å². The molecule has 0 aliphatic heterocycles. The number of carbonyl (C=O) groups excluding carboxylic acids is 1. The molecule has 1 rings (SSSR count). The molecule has 0 bridgehead atoms. The molecular formula is C11H14BrIN2O2. The number of nitrogens with two attached hydrogens (primary N) is 1. The van der Waals surface area contributed by atoms with Gasteiger partial charge in [-0.15, -0.1) is 0 Å². The van der Waals surface area contributed by atoms with Crippen LogP contribution in [0.1, 0.15) is 6.42 Å². The molecule has 0 heterocycles. The minimum atomic E-state index is -0.234. The molecule has 4 nitrogen and oxygen atoms in total. The van der Waals surface area contributed by atoms with Gasteiger partial charge in [0.2, 0.25) is 5.91 Å². The summed E-state index contributed by atoms with van der Waals surface area (Å²) >= 11 is 5.62. The minimum Gasteiger partial charge on any atom is -0.380 e. The van der Waals surface area contributed by atoms with Gasteiger partial charge in [0.05, 0.1) is 12.5 Å². The Bertz CT molecular complexity index is 397. The van der Waals surface area contributed by atoms with Gasteiger partial charge in [-0.3, -0.25) is 4.79 Å². The normalized spacial score (nSPS) is 12.2. The highest BCUT2D eigenvalue weighted by Gasteiger charge is 2.11. The molecule has 6 heteroatoms. The molecule has 1 atom stereocenters. The van der Waals surface area contributed by atoms with Crippen molar-refractivity contribution >= 4 is 50.1 Å². The number of hydrogen-bond acceptors (Lipinski definition) is 3. The Balaban J connectivity index is 2.58. The molecule has 0 saturated heterocycles. The molecule has 0 fully saturated rings. The average Bonchev–Trinajstić information content (AvgIpc) is 2.31. The number of nitrogens with one attached hydrogen (secondary N) is 1. The van der Waals surface area contributed by atoms with E-state index >= 15 is 0 Å². The molecule has 1 unspecified atom stereocenters. The first-order valence-corrected chi connectivity index (χ1v) is 6.91. The van der Waals surface area contributed by atoms with Gasteiger partial charge in [0.25, 0.3) is 0 Å². The summed E-state index contributed by atoms with van der Waals surface area (Å²) in [6.45, 7) is 0.334. The van der Waals surface area contributed by atoms with Crippen molar-refractivity contribution in [1.29, 1.82) is 0 Å². The Morgan fingerprint density at radius 1 is 1.65 bits per heavy atom. The second kappa shape index (κ2) is 7.30. The smallest absolute Gasteiger partial charge is 0.227 e. The standard InChI is InChI=1S/C11H14BrIN2O2/c1-17-8(6-14)5-11(16)15-7-2-3-10(13)9(12)4-7/h2-4,8H,5-6,14H2,1H3,(H,15,16). The molecule has 1 amide bonds. The van der Waals surface area contributed by atoms with E-state index in [4.69, 9.17) is 10.5 Å². The number of carbonyl (C=O) groups is 1. The molecule has 0 spiro atoms. The number of amides is 1. The summed E-state index contributed by atoms with van der Waals surface area (Å²) in [5, 5.41) is 2.80. The van der Waals surface area contributed by atoms with Gasteiger partial charge in [0, 0.05) is 27.4 Å². The average molecular weight is 413 g/mol. The van der Waals surface area contributed by atoms with Crippen molar-refractivity contribution in [3.05, 3.63) is 26.2 Å². The van der Waals surface area contributed by atoms with E-state index in [1.165, 1.54) is 0 Å². The van der Waals surface area contributed by atoms with Crippen LogP contribution < -0.4 is 11.1 Å². The van der Waals surface area contributed by atoms with E-state index in [-0.39, 0.29) is 18.4 Å². The lowest BCUT2D eigenvalue weighted by atomic mass is 10.2. The second-order valence-corrected chi connectivity index (χ2v) is 5.49. The molecule has 17 heavy (non-hydrogen) atoms. The van der Waals surface area contributed by atoms with Crippen molar-refractivity contribution in [2.24, 2.45) is 5.73 Å². The van der Waals surface area contributed by atoms with Crippen molar-refractivity contribution in [2.75, 3.05) is 19.0 Å². The first-order valence-electron chi connectivity index (χ1n) is 5.04. The Morgan fingerprint density at radius 2 is 2.35 bits per heavy atom. The van der Waals surface area contributed by atoms with Crippen LogP contribution in [-0.4, -0.2) is 25.7 Å². The maximum Gasteiger partial charge on any atom is 0.227 e. The van der Waals surface area contributed by atoms with Gasteiger partial charge in [0.1, 0.15) is 0 Å². The quantitative estimate of drug-likeness (QED) is 0.729. The zero-order chi connectivity index (χ0) is 12.8. The van der Waals surface area contributed by atoms with Crippen LogP contribution in [0, 0.1) is 3.57 Å². The molecule has 0 aliphatic rings. The van der Waals surface area contributed by atoms with E-state index in [9.17, 15) is 4.79 Å². The van der Waals surface area contributed by atoms with Crippen LogP contribution >= 0.6 is 38.5 Å². The summed E-state index contributed by atoms with van der Waals surface area (Å²) in [5.41, 5.74) is 6.21. The van der Waals surface area contributed by atoms with Crippen LogP contribution in [0.25, 0.3) is 0 Å². The predicted molar refractivity (Wildman–Crippen MR) is 80.0 cm³/mol. The van der Waals surface area contributed by atoms with Crippen LogP contribution in [0.3, 0.4) is 0 Å². The lowest BCUT2D eigenvalue weighted by molar-refractivity contribution is -0.118. The zero-order valence-corrected chi connectivity index (χ0v) is 13.1. The minimum absolute atomic E-state index is 0.101. The fourth-order valence-electron chi connectivity index (χ4n) is 1.26. The van der Waals surface area contributed by atoms with Gasteiger partial charge < -0.3 is 15.8 Å². The third-order valence-electron chi connectivity index (χ3n) is 2.21. The number of benzene rings is 1. The van der Waals surface area contributed by atoms with E-state index in [0.29, 0.717) is 6.54 Å². The van der Waals surface area contributed by atoms with Crippen molar-refractivity contribution in [1.82, 2.24) is 0 Å². The molecule has 3 N–H and O–H groups in total. The zero-order valence-electron chi connectivity index (χ0n) is 9.37. The third-order valence-corrected chi connectivity index (χ3v) is 4.55. The van der Waals surface area contributed by atoms with E-state index in [0.717, 1.165) is 13.7 Å². The maximum absolute atomic E-state index is 11.7. The molecule has 0 radical (unpaired) electrons. The maximum atomic E-state index is 11.7. The summed E-state index contributed by atoms with van der Waals surface area (Å²) < 4.78 is 7.11. The number of anilines is 1. The summed E-state index contributed by atoms with van der Waals surface area (Å²) in [6.07, 6.45) is 0.0265. The second-order valence-electron chi connectivity index (χ2n) is 3.47. The van der Waals surface area contributed by atoms with E-state index in [1.54, 1.807) is 7.11 Å². The van der Waals surface area contributed by atoms with Crippen molar-refractivity contribution in [3.63, 3.8) is 0 Å². The van der Waals surface area contributed by atoms with Crippen molar-refractivity contribution in [3.8, 4) is 0 Å². The summed E-state index contributed by atoms with van der Waals surface area (Å²) in [7, 11) is 1.55. The molecule has 1 aromatic carbocycles. The fraction of sp³-hybridized carbons (Fsp3) is 0.364. The largest absolute Gasteiger partial charge is 0.380 e. The lowest BCUT2D eigenvalue weighted by Crippen LogP contribution is -2.28.